The summed E-state index contributed by atoms with van der Waals surface area (Å²) < 4.78 is 21.1. The zero-order chi connectivity index (χ0) is 29.6. The molecule has 11 heteroatoms. The second-order valence-corrected chi connectivity index (χ2v) is 10.2. The van der Waals surface area contributed by atoms with Gasteiger partial charge in [-0.15, -0.1) is 0 Å². The molecule has 41 heavy (non-hydrogen) atoms. The molecule has 1 atom stereocenters. The van der Waals surface area contributed by atoms with E-state index in [4.69, 9.17) is 20.7 Å². The molecule has 5 rings (SSSR count). The minimum absolute atomic E-state index is 0.186. The molecule has 1 aliphatic heterocycles. The second-order valence-electron chi connectivity index (χ2n) is 10.2. The lowest BCUT2D eigenvalue weighted by molar-refractivity contribution is 0.0357. The first-order chi connectivity index (χ1) is 19.9. The fraction of sp³-hybridized carbons (Fsp3) is 0.433. The molecule has 0 bridgehead atoms. The molecule has 2 fully saturated rings. The molecule has 1 spiro atoms. The van der Waals surface area contributed by atoms with Crippen molar-refractivity contribution in [3.63, 3.8) is 0 Å². The van der Waals surface area contributed by atoms with Crippen LogP contribution in [0.4, 0.5) is 4.39 Å². The molecule has 1 unspecified atom stereocenters. The van der Waals surface area contributed by atoms with Gasteiger partial charge < -0.3 is 20.5 Å². The van der Waals surface area contributed by atoms with Crippen molar-refractivity contribution in [1.29, 1.82) is 10.5 Å². The first-order valence-corrected chi connectivity index (χ1v) is 13.8. The van der Waals surface area contributed by atoms with E-state index in [0.717, 1.165) is 50.7 Å². The molecule has 4 heterocycles. The zero-order valence-electron chi connectivity index (χ0n) is 23.6. The molecule has 0 aromatic carbocycles. The number of nitriles is 2. The van der Waals surface area contributed by atoms with Gasteiger partial charge in [0.2, 0.25) is 0 Å². The van der Waals surface area contributed by atoms with Crippen LogP contribution in [-0.2, 0) is 0 Å². The van der Waals surface area contributed by atoms with Crippen LogP contribution in [-0.4, -0.2) is 56.1 Å². The number of hydrogen-bond donors (Lipinski definition) is 2. The Morgan fingerprint density at radius 1 is 1.29 bits per heavy atom. The van der Waals surface area contributed by atoms with Crippen LogP contribution in [0.5, 0.6) is 5.75 Å². The molecule has 2 aliphatic rings. The summed E-state index contributed by atoms with van der Waals surface area (Å²) in [7, 11) is 0. The highest BCUT2D eigenvalue weighted by Gasteiger charge is 2.45. The first kappa shape index (κ1) is 29.5. The number of ether oxygens (including phenoxy) is 1. The van der Waals surface area contributed by atoms with E-state index in [1.54, 1.807) is 12.3 Å². The number of likely N-dealkylation sites (tertiary alicyclic amines) is 1. The smallest absolute Gasteiger partial charge is 0.179 e. The molecule has 3 aromatic heterocycles. The van der Waals surface area contributed by atoms with Crippen molar-refractivity contribution in [2.24, 2.45) is 16.1 Å². The highest BCUT2D eigenvalue weighted by atomic mass is 19.1. The van der Waals surface area contributed by atoms with Gasteiger partial charge in [0.1, 0.15) is 28.7 Å². The zero-order valence-corrected chi connectivity index (χ0v) is 23.6. The quantitative estimate of drug-likeness (QED) is 0.321. The van der Waals surface area contributed by atoms with E-state index in [0.29, 0.717) is 33.7 Å². The molecule has 10 nitrogen and oxygen atoms in total. The van der Waals surface area contributed by atoms with Crippen LogP contribution >= 0.6 is 0 Å². The topological polar surface area (TPSA) is 149 Å². The molecule has 0 amide bonds. The Balaban J connectivity index is 0.00000189. The number of aromatic nitrogens is 3. The standard InChI is InChI=1S/C28H29FN8O2.C2H6/c1-18(35-22-9-28(10-22)4-6-36(17-32)7-5-28)23(12-31)19-8-25(27-20(11-30)13-34-37(27)15-19)39-26(16-38)24-3-2-21(29)14-33-24;1-2/h2-3,8,12-15,22,26,38H,4-7,9-10,16,31H2,1H3;1-2H3/b23-12+,35-18?;. The lowest BCUT2D eigenvalue weighted by Gasteiger charge is -2.50. The van der Waals surface area contributed by atoms with Crippen molar-refractivity contribution in [2.45, 2.75) is 58.6 Å². The van der Waals surface area contributed by atoms with Gasteiger partial charge in [-0.25, -0.2) is 8.91 Å². The molecule has 3 aromatic rings. The third kappa shape index (κ3) is 6.16. The SMILES string of the molecule is CC.CC(=NC1CC2(CCN(C#N)CC2)C1)/C(=C\N)c1cc(OC(CO)c2ccc(F)cn2)c2c(C#N)cnn2c1. The van der Waals surface area contributed by atoms with Gasteiger partial charge in [-0.05, 0) is 56.2 Å². The van der Waals surface area contributed by atoms with Crippen molar-refractivity contribution in [3.05, 3.63) is 65.6 Å². The van der Waals surface area contributed by atoms with Gasteiger partial charge in [0, 0.05) is 42.3 Å². The van der Waals surface area contributed by atoms with E-state index < -0.39 is 18.5 Å². The summed E-state index contributed by atoms with van der Waals surface area (Å²) in [6.07, 6.45) is 11.1. The van der Waals surface area contributed by atoms with Gasteiger partial charge in [0.05, 0.1) is 30.7 Å². The summed E-state index contributed by atoms with van der Waals surface area (Å²) in [5, 5.41) is 33.1. The molecule has 1 saturated carbocycles. The van der Waals surface area contributed by atoms with Crippen molar-refractivity contribution in [1.82, 2.24) is 19.5 Å². The summed E-state index contributed by atoms with van der Waals surface area (Å²) in [6.45, 7) is 7.11. The Labute approximate surface area is 239 Å². The minimum Gasteiger partial charge on any atom is -0.479 e. The number of rotatable bonds is 7. The molecule has 1 saturated heterocycles. The van der Waals surface area contributed by atoms with Crippen molar-refractivity contribution in [2.75, 3.05) is 19.7 Å². The lowest BCUT2D eigenvalue weighted by Crippen LogP contribution is -2.47. The van der Waals surface area contributed by atoms with Crippen LogP contribution < -0.4 is 10.5 Å². The van der Waals surface area contributed by atoms with Gasteiger partial charge in [0.25, 0.3) is 0 Å². The number of nitrogens with two attached hydrogens (primary N) is 1. The fourth-order valence-electron chi connectivity index (χ4n) is 5.62. The van der Waals surface area contributed by atoms with E-state index in [2.05, 4.69) is 22.3 Å². The molecule has 214 valence electrons. The number of aliphatic hydroxyl groups excluding tert-OH is 1. The number of allylic oxidation sites excluding steroid dienone is 1. The van der Waals surface area contributed by atoms with Crippen molar-refractivity contribution < 1.29 is 14.2 Å². The van der Waals surface area contributed by atoms with Crippen molar-refractivity contribution >= 4 is 16.8 Å². The Morgan fingerprint density at radius 2 is 2.02 bits per heavy atom. The van der Waals surface area contributed by atoms with Crippen LogP contribution in [0, 0.1) is 34.0 Å². The van der Waals surface area contributed by atoms with Crippen LogP contribution in [0.2, 0.25) is 0 Å². The largest absolute Gasteiger partial charge is 0.479 e. The minimum atomic E-state index is -0.898. The number of hydrogen-bond acceptors (Lipinski definition) is 9. The monoisotopic (exact) mass is 558 g/mol. The molecule has 1 aliphatic carbocycles. The molecule has 3 N–H and O–H groups in total. The third-order valence-electron chi connectivity index (χ3n) is 7.76. The van der Waals surface area contributed by atoms with Gasteiger partial charge in [0.15, 0.2) is 12.3 Å². The Hall–Kier alpha value is -4.48. The number of nitrogens with zero attached hydrogens (tertiary/aromatic N) is 7. The van der Waals surface area contributed by atoms with Crippen LogP contribution in [0.3, 0.4) is 0 Å². The maximum absolute atomic E-state index is 13.4. The van der Waals surface area contributed by atoms with E-state index in [1.165, 1.54) is 29.0 Å². The highest BCUT2D eigenvalue weighted by molar-refractivity contribution is 6.22. The number of aliphatic imine (C=N–C) groups is 1. The van der Waals surface area contributed by atoms with Crippen LogP contribution in [0.1, 0.15) is 69.4 Å². The molecular formula is C30H35FN8O2. The average molecular weight is 559 g/mol. The number of pyridine rings is 2. The predicted octanol–water partition coefficient (Wildman–Crippen LogP) is 4.36. The summed E-state index contributed by atoms with van der Waals surface area (Å²) in [6, 6.07) is 6.72. The first-order valence-electron chi connectivity index (χ1n) is 13.8. The summed E-state index contributed by atoms with van der Waals surface area (Å²) >= 11 is 0. The number of halogens is 1. The number of piperidine rings is 1. The Kier molecular flexibility index (Phi) is 9.21. The van der Waals surface area contributed by atoms with Gasteiger partial charge in [-0.3, -0.25) is 9.98 Å². The van der Waals surface area contributed by atoms with E-state index in [1.807, 2.05) is 25.7 Å². The van der Waals surface area contributed by atoms with Crippen molar-refractivity contribution in [3.8, 4) is 18.0 Å². The fourth-order valence-corrected chi connectivity index (χ4v) is 5.62. The Morgan fingerprint density at radius 3 is 2.61 bits per heavy atom. The summed E-state index contributed by atoms with van der Waals surface area (Å²) in [4.78, 5) is 10.8. The summed E-state index contributed by atoms with van der Waals surface area (Å²) in [5.74, 6) is -0.203. The normalized spacial score (nSPS) is 17.7. The molecule has 0 radical (unpaired) electrons. The maximum atomic E-state index is 13.4. The predicted molar refractivity (Wildman–Crippen MR) is 153 cm³/mol. The van der Waals surface area contributed by atoms with E-state index >= 15 is 0 Å². The van der Waals surface area contributed by atoms with Gasteiger partial charge in [-0.2, -0.15) is 15.6 Å². The number of fused-ring (bicyclic) bond motifs is 1. The average Bonchev–Trinajstić information content (AvgIpc) is 3.41. The van der Waals surface area contributed by atoms with Crippen LogP contribution in [0.15, 0.2) is 48.0 Å². The van der Waals surface area contributed by atoms with Gasteiger partial charge in [-0.1, -0.05) is 13.8 Å². The number of aliphatic hydroxyl groups is 1. The lowest BCUT2D eigenvalue weighted by atomic mass is 9.60. The highest BCUT2D eigenvalue weighted by Crippen LogP contribution is 2.50. The maximum Gasteiger partial charge on any atom is 0.179 e. The van der Waals surface area contributed by atoms with Gasteiger partial charge >= 0.3 is 0 Å². The van der Waals surface area contributed by atoms with Crippen LogP contribution in [0.25, 0.3) is 11.1 Å². The molecular weight excluding hydrogens is 523 g/mol. The second kappa shape index (κ2) is 12.8. The third-order valence-corrected chi connectivity index (χ3v) is 7.76. The Bertz CT molecular complexity index is 1500. The van der Waals surface area contributed by atoms with E-state index in [9.17, 15) is 14.8 Å². The van der Waals surface area contributed by atoms with E-state index in [-0.39, 0.29) is 11.5 Å². The summed E-state index contributed by atoms with van der Waals surface area (Å²) in [5.41, 5.74) is 9.55.